The van der Waals surface area contributed by atoms with Gasteiger partial charge in [0.1, 0.15) is 5.54 Å². The van der Waals surface area contributed by atoms with E-state index in [-0.39, 0.29) is 24.5 Å². The Morgan fingerprint density at radius 2 is 1.77 bits per heavy atom. The molecule has 0 unspecified atom stereocenters. The number of carbonyl (C=O) groups excluding carboxylic acids is 2. The lowest BCUT2D eigenvalue weighted by atomic mass is 9.89. The topological polar surface area (TPSA) is 98.5 Å². The summed E-state index contributed by atoms with van der Waals surface area (Å²) in [6, 6.07) is 0. The summed E-state index contributed by atoms with van der Waals surface area (Å²) in [4.78, 5) is 32.7. The maximum atomic E-state index is 12.9. The van der Waals surface area contributed by atoms with Gasteiger partial charge in [-0.2, -0.15) is 18.2 Å². The minimum absolute atomic E-state index is 0.0500. The van der Waals surface area contributed by atoms with Crippen molar-refractivity contribution in [3.63, 3.8) is 0 Å². The van der Waals surface area contributed by atoms with Crippen LogP contribution in [0.5, 0.6) is 0 Å². The number of rotatable bonds is 5. The zero-order valence-corrected chi connectivity index (χ0v) is 17.8. The second-order valence-electron chi connectivity index (χ2n) is 7.94. The van der Waals surface area contributed by atoms with Crippen molar-refractivity contribution in [1.29, 1.82) is 0 Å². The lowest BCUT2D eigenvalue weighted by molar-refractivity contribution is -0.151. The SMILES string of the molecule is COC(=O)C1(NC(=O)CCc2c(C)nc3nc(C(F)(F)F)nn3c2C)CCCCCC1. The maximum absolute atomic E-state index is 12.9. The minimum atomic E-state index is -4.67. The van der Waals surface area contributed by atoms with E-state index in [0.29, 0.717) is 29.8 Å². The average Bonchev–Trinajstić information content (AvgIpc) is 3.00. The summed E-state index contributed by atoms with van der Waals surface area (Å²) in [6.45, 7) is 3.27. The van der Waals surface area contributed by atoms with Gasteiger partial charge in [-0.1, -0.05) is 25.7 Å². The zero-order chi connectivity index (χ0) is 22.8. The van der Waals surface area contributed by atoms with Gasteiger partial charge < -0.3 is 10.1 Å². The maximum Gasteiger partial charge on any atom is 0.453 e. The molecule has 31 heavy (non-hydrogen) atoms. The first-order chi connectivity index (χ1) is 14.6. The summed E-state index contributed by atoms with van der Waals surface area (Å²) in [5.41, 5.74) is 0.517. The molecule has 0 bridgehead atoms. The van der Waals surface area contributed by atoms with Crippen LogP contribution >= 0.6 is 0 Å². The first-order valence-electron chi connectivity index (χ1n) is 10.3. The van der Waals surface area contributed by atoms with Gasteiger partial charge in [0.25, 0.3) is 11.6 Å². The highest BCUT2D eigenvalue weighted by Gasteiger charge is 2.41. The monoisotopic (exact) mass is 441 g/mol. The van der Waals surface area contributed by atoms with Crippen LogP contribution in [0.25, 0.3) is 5.78 Å². The third-order valence-electron chi connectivity index (χ3n) is 5.82. The summed E-state index contributed by atoms with van der Waals surface area (Å²) in [5.74, 6) is -2.16. The first kappa shape index (κ1) is 23.0. The van der Waals surface area contributed by atoms with E-state index in [1.807, 2.05) is 0 Å². The van der Waals surface area contributed by atoms with Crippen LogP contribution in [0.1, 0.15) is 67.7 Å². The summed E-state index contributed by atoms with van der Waals surface area (Å²) in [5, 5.41) is 6.39. The number of hydrogen-bond acceptors (Lipinski definition) is 6. The Hall–Kier alpha value is -2.72. The largest absolute Gasteiger partial charge is 0.467 e. The number of aromatic nitrogens is 4. The number of nitrogens with zero attached hydrogens (tertiary/aromatic N) is 4. The fourth-order valence-corrected chi connectivity index (χ4v) is 4.17. The van der Waals surface area contributed by atoms with E-state index in [1.165, 1.54) is 7.11 Å². The van der Waals surface area contributed by atoms with Crippen molar-refractivity contribution in [3.8, 4) is 0 Å². The molecule has 1 saturated carbocycles. The molecule has 11 heteroatoms. The van der Waals surface area contributed by atoms with Crippen LogP contribution in [-0.4, -0.2) is 44.1 Å². The highest BCUT2D eigenvalue weighted by molar-refractivity contribution is 5.88. The Labute approximate surface area is 177 Å². The fraction of sp³-hybridized carbons (Fsp3) is 0.650. The molecule has 1 amide bonds. The normalized spacial score (nSPS) is 16.7. The van der Waals surface area contributed by atoms with Crippen LogP contribution in [0, 0.1) is 13.8 Å². The molecule has 0 radical (unpaired) electrons. The van der Waals surface area contributed by atoms with Crippen LogP contribution in [-0.2, 0) is 26.9 Å². The van der Waals surface area contributed by atoms with Gasteiger partial charge >= 0.3 is 12.1 Å². The lowest BCUT2D eigenvalue weighted by Gasteiger charge is -2.31. The molecule has 1 fully saturated rings. The molecule has 2 aromatic heterocycles. The molecule has 3 rings (SSSR count). The third kappa shape index (κ3) is 4.80. The van der Waals surface area contributed by atoms with Gasteiger partial charge in [0.15, 0.2) is 0 Å². The second-order valence-corrected chi connectivity index (χ2v) is 7.94. The molecule has 0 spiro atoms. The Morgan fingerprint density at radius 3 is 2.35 bits per heavy atom. The number of alkyl halides is 3. The minimum Gasteiger partial charge on any atom is -0.467 e. The molecule has 1 N–H and O–H groups in total. The molecule has 170 valence electrons. The Morgan fingerprint density at radius 1 is 1.13 bits per heavy atom. The summed E-state index contributed by atoms with van der Waals surface area (Å²) in [6.07, 6.45) is 0.303. The number of nitrogens with one attached hydrogen (secondary N) is 1. The number of carbonyl (C=O) groups is 2. The van der Waals surface area contributed by atoms with Gasteiger partial charge in [-0.15, -0.1) is 5.10 Å². The van der Waals surface area contributed by atoms with Gasteiger partial charge in [0, 0.05) is 17.8 Å². The number of aryl methyl sites for hydroxylation is 2. The lowest BCUT2D eigenvalue weighted by Crippen LogP contribution is -2.54. The molecule has 8 nitrogen and oxygen atoms in total. The van der Waals surface area contributed by atoms with Crippen molar-refractivity contribution in [2.45, 2.75) is 76.9 Å². The number of fused-ring (bicyclic) bond motifs is 1. The van der Waals surface area contributed by atoms with E-state index >= 15 is 0 Å². The van der Waals surface area contributed by atoms with Gasteiger partial charge in [0.05, 0.1) is 7.11 Å². The van der Waals surface area contributed by atoms with Crippen LogP contribution in [0.2, 0.25) is 0 Å². The molecule has 0 atom stereocenters. The third-order valence-corrected chi connectivity index (χ3v) is 5.82. The molecular weight excluding hydrogens is 415 g/mol. The number of ether oxygens (including phenoxy) is 1. The van der Waals surface area contributed by atoms with Crippen LogP contribution in [0.4, 0.5) is 13.2 Å². The number of amides is 1. The zero-order valence-electron chi connectivity index (χ0n) is 17.8. The molecule has 2 heterocycles. The van der Waals surface area contributed by atoms with Gasteiger partial charge in [-0.3, -0.25) is 4.79 Å². The Bertz CT molecular complexity index is 979. The van der Waals surface area contributed by atoms with Gasteiger partial charge in [-0.05, 0) is 38.7 Å². The second kappa shape index (κ2) is 8.80. The van der Waals surface area contributed by atoms with Crippen molar-refractivity contribution >= 4 is 17.7 Å². The number of esters is 1. The summed E-state index contributed by atoms with van der Waals surface area (Å²) in [7, 11) is 1.31. The van der Waals surface area contributed by atoms with E-state index in [9.17, 15) is 22.8 Å². The van der Waals surface area contributed by atoms with E-state index in [2.05, 4.69) is 20.4 Å². The van der Waals surface area contributed by atoms with E-state index in [1.54, 1.807) is 13.8 Å². The predicted molar refractivity (Wildman–Crippen MR) is 104 cm³/mol. The van der Waals surface area contributed by atoms with E-state index in [0.717, 1.165) is 30.2 Å². The van der Waals surface area contributed by atoms with E-state index in [4.69, 9.17) is 4.74 Å². The van der Waals surface area contributed by atoms with Crippen molar-refractivity contribution < 1.29 is 27.5 Å². The van der Waals surface area contributed by atoms with Gasteiger partial charge in [-0.25, -0.2) is 14.3 Å². The summed E-state index contributed by atoms with van der Waals surface area (Å²) >= 11 is 0. The average molecular weight is 441 g/mol. The van der Waals surface area contributed by atoms with Gasteiger partial charge in [0.2, 0.25) is 5.91 Å². The number of halogens is 3. The highest BCUT2D eigenvalue weighted by atomic mass is 19.4. The molecule has 1 aliphatic carbocycles. The van der Waals surface area contributed by atoms with Crippen LogP contribution in [0.3, 0.4) is 0 Å². The Balaban J connectivity index is 1.78. The predicted octanol–water partition coefficient (Wildman–Crippen LogP) is 3.07. The first-order valence-corrected chi connectivity index (χ1v) is 10.3. The number of hydrogen-bond donors (Lipinski definition) is 1. The van der Waals surface area contributed by atoms with Crippen LogP contribution < -0.4 is 5.32 Å². The van der Waals surface area contributed by atoms with Crippen LogP contribution in [0.15, 0.2) is 0 Å². The quantitative estimate of drug-likeness (QED) is 0.566. The standard InChI is InChI=1S/C20H26F3N5O3/c1-12-14(13(2)28-18(24-12)25-16(27-28)20(21,22)23)8-9-15(29)26-19(17(30)31-3)10-6-4-5-7-11-19/h4-11H2,1-3H3,(H,26,29). The van der Waals surface area contributed by atoms with Crippen molar-refractivity contribution in [3.05, 3.63) is 22.8 Å². The smallest absolute Gasteiger partial charge is 0.453 e. The molecule has 1 aliphatic rings. The van der Waals surface area contributed by atoms with Crippen molar-refractivity contribution in [2.75, 3.05) is 7.11 Å². The molecule has 2 aromatic rings. The van der Waals surface area contributed by atoms with Crippen molar-refractivity contribution in [2.24, 2.45) is 0 Å². The number of methoxy groups -OCH3 is 1. The molecule has 0 aromatic carbocycles. The fourth-order valence-electron chi connectivity index (χ4n) is 4.17. The highest BCUT2D eigenvalue weighted by Crippen LogP contribution is 2.29. The van der Waals surface area contributed by atoms with Crippen molar-refractivity contribution in [1.82, 2.24) is 24.9 Å². The Kier molecular flexibility index (Phi) is 6.51. The summed E-state index contributed by atoms with van der Waals surface area (Å²) < 4.78 is 44.8. The molecular formula is C20H26F3N5O3. The molecule has 0 aliphatic heterocycles. The molecule has 0 saturated heterocycles. The van der Waals surface area contributed by atoms with E-state index < -0.39 is 23.5 Å².